The molecular weight excluding hydrogens is 753 g/mol. The van der Waals surface area contributed by atoms with E-state index < -0.39 is 0 Å². The fraction of sp³-hybridized carbons (Fsp3) is 0. The van der Waals surface area contributed by atoms with Crippen molar-refractivity contribution in [2.24, 2.45) is 0 Å². The molecule has 0 saturated heterocycles. The number of para-hydroxylation sites is 2. The van der Waals surface area contributed by atoms with E-state index in [0.29, 0.717) is 0 Å². The Morgan fingerprint density at radius 2 is 0.581 bits per heavy atom. The van der Waals surface area contributed by atoms with Crippen molar-refractivity contribution in [1.29, 1.82) is 0 Å². The van der Waals surface area contributed by atoms with Crippen molar-refractivity contribution in [3.05, 3.63) is 218 Å². The fourth-order valence-corrected chi connectivity index (χ4v) is 9.87. The van der Waals surface area contributed by atoms with Gasteiger partial charge in [0.15, 0.2) is 0 Å². The van der Waals surface area contributed by atoms with Gasteiger partial charge in [0.05, 0.1) is 0 Å². The number of hydrogen-bond donors (Lipinski definition) is 0. The lowest BCUT2D eigenvalue weighted by Gasteiger charge is -2.20. The van der Waals surface area contributed by atoms with Gasteiger partial charge in [0.2, 0.25) is 0 Å². The minimum absolute atomic E-state index is 0.902. The second-order valence-electron chi connectivity index (χ2n) is 16.4. The SMILES string of the molecule is c1cc(-c2ccc3oc4ccccc4c3c2)cc(-c2c3ccccc3c(-c3cccc(-c4ccc5oc6ccccc6c5c4)c3)c3cc(-c4ccc5ccccc5c4)ccc23)c1. The maximum atomic E-state index is 6.21. The van der Waals surface area contributed by atoms with Crippen LogP contribution in [-0.4, -0.2) is 0 Å². The molecule has 13 aromatic rings. The van der Waals surface area contributed by atoms with Crippen molar-refractivity contribution in [3.8, 4) is 55.6 Å². The highest BCUT2D eigenvalue weighted by atomic mass is 16.3. The molecule has 11 aromatic carbocycles. The fourth-order valence-electron chi connectivity index (χ4n) is 9.87. The lowest BCUT2D eigenvalue weighted by molar-refractivity contribution is 0.668. The minimum atomic E-state index is 0.902. The highest BCUT2D eigenvalue weighted by molar-refractivity contribution is 6.22. The zero-order chi connectivity index (χ0) is 40.7. The van der Waals surface area contributed by atoms with Crippen LogP contribution in [0.5, 0.6) is 0 Å². The van der Waals surface area contributed by atoms with Crippen molar-refractivity contribution in [1.82, 2.24) is 0 Å². The Kier molecular flexibility index (Phi) is 7.64. The van der Waals surface area contributed by atoms with Crippen LogP contribution >= 0.6 is 0 Å². The molecule has 0 spiro atoms. The van der Waals surface area contributed by atoms with Gasteiger partial charge in [-0.05, 0) is 149 Å². The summed E-state index contributed by atoms with van der Waals surface area (Å²) in [6, 6.07) is 79.2. The molecule has 2 heteroatoms. The average molecular weight is 789 g/mol. The Labute approximate surface area is 357 Å². The summed E-state index contributed by atoms with van der Waals surface area (Å²) < 4.78 is 12.4. The van der Waals surface area contributed by atoms with Gasteiger partial charge < -0.3 is 8.83 Å². The first-order valence-electron chi connectivity index (χ1n) is 21.2. The van der Waals surface area contributed by atoms with Crippen LogP contribution in [0.2, 0.25) is 0 Å². The standard InChI is InChI=1S/C60H36O2/c1-2-12-38-31-41(24-23-37(38)11-1)42-25-28-51-54(36-42)60(46-16-10-14-40(33-46)44-27-30-58-53(35-44)48-18-6-8-22-56(48)62-58)50-20-4-3-19-49(50)59(51)45-15-9-13-39(32-45)43-26-29-57-52(34-43)47-17-5-7-21-55(47)61-57/h1-36H. The molecule has 0 radical (unpaired) electrons. The lowest BCUT2D eigenvalue weighted by atomic mass is 9.84. The molecule has 288 valence electrons. The Hall–Kier alpha value is -8.20. The van der Waals surface area contributed by atoms with Crippen molar-refractivity contribution in [2.75, 3.05) is 0 Å². The summed E-state index contributed by atoms with van der Waals surface area (Å²) in [5.41, 5.74) is 15.5. The molecule has 0 bridgehead atoms. The molecule has 0 aliphatic rings. The zero-order valence-corrected chi connectivity index (χ0v) is 33.6. The number of furan rings is 2. The molecule has 0 saturated carbocycles. The first kappa shape index (κ1) is 34.6. The predicted octanol–water partition coefficient (Wildman–Crippen LogP) is 17.3. The third-order valence-corrected chi connectivity index (χ3v) is 12.8. The van der Waals surface area contributed by atoms with E-state index in [1.54, 1.807) is 0 Å². The van der Waals surface area contributed by atoms with Gasteiger partial charge in [-0.2, -0.15) is 0 Å². The van der Waals surface area contributed by atoms with Crippen LogP contribution < -0.4 is 0 Å². The van der Waals surface area contributed by atoms with E-state index in [9.17, 15) is 0 Å². The monoisotopic (exact) mass is 788 g/mol. The van der Waals surface area contributed by atoms with Crippen molar-refractivity contribution >= 4 is 76.2 Å². The third kappa shape index (κ3) is 5.51. The highest BCUT2D eigenvalue weighted by Gasteiger charge is 2.19. The zero-order valence-electron chi connectivity index (χ0n) is 33.6. The van der Waals surface area contributed by atoms with Crippen LogP contribution in [0.1, 0.15) is 0 Å². The summed E-state index contributed by atoms with van der Waals surface area (Å²) in [5.74, 6) is 0. The molecule has 62 heavy (non-hydrogen) atoms. The summed E-state index contributed by atoms with van der Waals surface area (Å²) in [6.07, 6.45) is 0. The number of fused-ring (bicyclic) bond motifs is 9. The van der Waals surface area contributed by atoms with Gasteiger partial charge in [0.1, 0.15) is 22.3 Å². The van der Waals surface area contributed by atoms with E-state index in [2.05, 4.69) is 194 Å². The van der Waals surface area contributed by atoms with E-state index in [1.807, 2.05) is 24.3 Å². The number of benzene rings is 11. The molecule has 2 aromatic heterocycles. The van der Waals surface area contributed by atoms with Gasteiger partial charge in [-0.25, -0.2) is 0 Å². The van der Waals surface area contributed by atoms with Crippen LogP contribution in [0.25, 0.3) is 132 Å². The van der Waals surface area contributed by atoms with Crippen LogP contribution in [0.4, 0.5) is 0 Å². The van der Waals surface area contributed by atoms with Crippen molar-refractivity contribution < 1.29 is 8.83 Å². The topological polar surface area (TPSA) is 26.3 Å². The van der Waals surface area contributed by atoms with Gasteiger partial charge in [0, 0.05) is 21.5 Å². The van der Waals surface area contributed by atoms with Crippen LogP contribution in [0.3, 0.4) is 0 Å². The predicted molar refractivity (Wildman–Crippen MR) is 261 cm³/mol. The molecule has 13 rings (SSSR count). The van der Waals surface area contributed by atoms with Crippen LogP contribution in [-0.2, 0) is 0 Å². The van der Waals surface area contributed by atoms with E-state index in [1.165, 1.54) is 71.3 Å². The first-order chi connectivity index (χ1) is 30.7. The molecule has 0 aliphatic carbocycles. The molecule has 0 N–H and O–H groups in total. The van der Waals surface area contributed by atoms with Gasteiger partial charge in [-0.15, -0.1) is 0 Å². The normalized spacial score (nSPS) is 11.9. The summed E-state index contributed by atoms with van der Waals surface area (Å²) in [7, 11) is 0. The van der Waals surface area contributed by atoms with E-state index in [-0.39, 0.29) is 0 Å². The molecular formula is C60H36O2. The third-order valence-electron chi connectivity index (χ3n) is 12.8. The van der Waals surface area contributed by atoms with E-state index in [0.717, 1.165) is 60.6 Å². The summed E-state index contributed by atoms with van der Waals surface area (Å²) >= 11 is 0. The summed E-state index contributed by atoms with van der Waals surface area (Å²) in [6.45, 7) is 0. The van der Waals surface area contributed by atoms with Crippen LogP contribution in [0, 0.1) is 0 Å². The number of rotatable bonds is 5. The average Bonchev–Trinajstić information content (AvgIpc) is 3.91. The minimum Gasteiger partial charge on any atom is -0.456 e. The summed E-state index contributed by atoms with van der Waals surface area (Å²) in [5, 5.41) is 11.9. The maximum absolute atomic E-state index is 6.21. The quantitative estimate of drug-likeness (QED) is 0.162. The van der Waals surface area contributed by atoms with E-state index >= 15 is 0 Å². The Bertz CT molecular complexity index is 3940. The van der Waals surface area contributed by atoms with Gasteiger partial charge in [-0.1, -0.05) is 158 Å². The van der Waals surface area contributed by atoms with Crippen molar-refractivity contribution in [3.63, 3.8) is 0 Å². The lowest BCUT2D eigenvalue weighted by Crippen LogP contribution is -1.92. The van der Waals surface area contributed by atoms with E-state index in [4.69, 9.17) is 8.83 Å². The Morgan fingerprint density at radius 1 is 0.194 bits per heavy atom. The van der Waals surface area contributed by atoms with Gasteiger partial charge in [-0.3, -0.25) is 0 Å². The first-order valence-corrected chi connectivity index (χ1v) is 21.2. The van der Waals surface area contributed by atoms with Crippen LogP contribution in [0.15, 0.2) is 227 Å². The second-order valence-corrected chi connectivity index (χ2v) is 16.4. The van der Waals surface area contributed by atoms with Crippen molar-refractivity contribution in [2.45, 2.75) is 0 Å². The smallest absolute Gasteiger partial charge is 0.135 e. The Balaban J connectivity index is 1.04. The maximum Gasteiger partial charge on any atom is 0.135 e. The summed E-state index contributed by atoms with van der Waals surface area (Å²) in [4.78, 5) is 0. The highest BCUT2D eigenvalue weighted by Crippen LogP contribution is 2.46. The number of hydrogen-bond acceptors (Lipinski definition) is 2. The van der Waals surface area contributed by atoms with Gasteiger partial charge in [0.25, 0.3) is 0 Å². The molecule has 0 atom stereocenters. The second kappa shape index (κ2) is 13.7. The molecule has 0 fully saturated rings. The van der Waals surface area contributed by atoms with Gasteiger partial charge >= 0.3 is 0 Å². The largest absolute Gasteiger partial charge is 0.456 e. The Morgan fingerprint density at radius 3 is 1.18 bits per heavy atom. The molecule has 0 aliphatic heterocycles. The molecule has 0 amide bonds. The molecule has 0 unspecified atom stereocenters. The molecule has 2 heterocycles. The molecule has 2 nitrogen and oxygen atoms in total.